The summed E-state index contributed by atoms with van der Waals surface area (Å²) < 4.78 is 26.7. The number of rotatable bonds is 12. The van der Waals surface area contributed by atoms with Crippen molar-refractivity contribution in [3.63, 3.8) is 0 Å². The molecule has 7 nitrogen and oxygen atoms in total. The van der Waals surface area contributed by atoms with Crippen LogP contribution in [0.5, 0.6) is 0 Å². The predicted molar refractivity (Wildman–Crippen MR) is 135 cm³/mol. The lowest BCUT2D eigenvalue weighted by Gasteiger charge is -2.29. The second kappa shape index (κ2) is 12.9. The number of nitrogens with zero attached hydrogens (tertiary/aromatic N) is 1. The molecular weight excluding hydrogens is 474 g/mol. The number of benzene rings is 2. The number of halogens is 1. The van der Waals surface area contributed by atoms with E-state index in [-0.39, 0.29) is 29.7 Å². The van der Waals surface area contributed by atoms with Gasteiger partial charge in [0, 0.05) is 31.1 Å². The molecule has 2 aromatic carbocycles. The highest BCUT2D eigenvalue weighted by atomic mass is 35.5. The fourth-order valence-corrected chi connectivity index (χ4v) is 4.49. The molecular formula is C25H34ClN3O4S. The third-order valence-electron chi connectivity index (χ3n) is 5.31. The third kappa shape index (κ3) is 8.42. The lowest BCUT2D eigenvalue weighted by molar-refractivity contribution is -0.140. The van der Waals surface area contributed by atoms with Gasteiger partial charge in [-0.25, -0.2) is 13.1 Å². The van der Waals surface area contributed by atoms with E-state index < -0.39 is 16.1 Å². The van der Waals surface area contributed by atoms with Gasteiger partial charge in [0.15, 0.2) is 0 Å². The molecule has 34 heavy (non-hydrogen) atoms. The summed E-state index contributed by atoms with van der Waals surface area (Å²) in [6, 6.07) is 13.0. The Morgan fingerprint density at radius 2 is 1.56 bits per heavy atom. The van der Waals surface area contributed by atoms with E-state index in [0.717, 1.165) is 11.1 Å². The molecule has 0 aromatic heterocycles. The minimum absolute atomic E-state index is 0.161. The number of nitrogens with one attached hydrogen (secondary N) is 2. The number of carbonyl (C=O) groups excluding carboxylic acids is 2. The lowest BCUT2D eigenvalue weighted by atomic mass is 10.1. The summed E-state index contributed by atoms with van der Waals surface area (Å²) in [5.41, 5.74) is 1.71. The van der Waals surface area contributed by atoms with Crippen molar-refractivity contribution >= 4 is 33.4 Å². The van der Waals surface area contributed by atoms with Crippen LogP contribution < -0.4 is 10.0 Å². The Balaban J connectivity index is 2.12. The molecule has 0 fully saturated rings. The van der Waals surface area contributed by atoms with Gasteiger partial charge in [0.05, 0.1) is 4.90 Å². The molecule has 1 unspecified atom stereocenters. The number of hydrogen-bond acceptors (Lipinski definition) is 4. The zero-order valence-electron chi connectivity index (χ0n) is 20.2. The first kappa shape index (κ1) is 27.8. The molecule has 0 saturated carbocycles. The summed E-state index contributed by atoms with van der Waals surface area (Å²) in [5.74, 6) is -0.0589. The standard InChI is InChI=1S/C25H34ClN3O4S/c1-5-28-34(32,33)23-13-8-20(9-14-23)10-15-24(30)29(17-21-6-11-22(26)12-7-21)19(4)25(31)27-16-18(2)3/h6-9,11-14,18-19,28H,5,10,15-17H2,1-4H3,(H,27,31). The SMILES string of the molecule is CCNS(=O)(=O)c1ccc(CCC(=O)N(Cc2ccc(Cl)cc2)C(C)C(=O)NCC(C)C)cc1. The van der Waals surface area contributed by atoms with E-state index in [2.05, 4.69) is 10.0 Å². The average molecular weight is 508 g/mol. The number of hydrogen-bond donors (Lipinski definition) is 2. The molecule has 0 radical (unpaired) electrons. The number of sulfonamides is 1. The normalized spacial score (nSPS) is 12.4. The molecule has 0 heterocycles. The van der Waals surface area contributed by atoms with Crippen molar-refractivity contribution in [2.45, 2.75) is 58.0 Å². The zero-order chi connectivity index (χ0) is 25.3. The second-order valence-electron chi connectivity index (χ2n) is 8.61. The van der Waals surface area contributed by atoms with Crippen LogP contribution in [0.15, 0.2) is 53.4 Å². The predicted octanol–water partition coefficient (Wildman–Crippen LogP) is 3.76. The Labute approximate surface area is 207 Å². The fourth-order valence-electron chi connectivity index (χ4n) is 3.33. The molecule has 186 valence electrons. The number of amides is 2. The average Bonchev–Trinajstić information content (AvgIpc) is 2.80. The quantitative estimate of drug-likeness (QED) is 0.457. The van der Waals surface area contributed by atoms with Crippen LogP contribution >= 0.6 is 11.6 Å². The summed E-state index contributed by atoms with van der Waals surface area (Å²) in [6.45, 7) is 8.60. The fraction of sp³-hybridized carbons (Fsp3) is 0.440. The summed E-state index contributed by atoms with van der Waals surface area (Å²) >= 11 is 5.98. The minimum atomic E-state index is -3.52. The van der Waals surface area contributed by atoms with Crippen LogP contribution in [0.4, 0.5) is 0 Å². The van der Waals surface area contributed by atoms with Gasteiger partial charge < -0.3 is 10.2 Å². The molecule has 0 bridgehead atoms. The van der Waals surface area contributed by atoms with Crippen molar-refractivity contribution in [2.24, 2.45) is 5.92 Å². The highest BCUT2D eigenvalue weighted by Gasteiger charge is 2.26. The van der Waals surface area contributed by atoms with Gasteiger partial charge in [-0.15, -0.1) is 0 Å². The van der Waals surface area contributed by atoms with E-state index in [1.807, 2.05) is 26.0 Å². The van der Waals surface area contributed by atoms with Crippen molar-refractivity contribution in [1.29, 1.82) is 0 Å². The number of carbonyl (C=O) groups is 2. The van der Waals surface area contributed by atoms with Crippen molar-refractivity contribution in [2.75, 3.05) is 13.1 Å². The van der Waals surface area contributed by atoms with Gasteiger partial charge in [-0.3, -0.25) is 9.59 Å². The van der Waals surface area contributed by atoms with Gasteiger partial charge >= 0.3 is 0 Å². The van der Waals surface area contributed by atoms with Gasteiger partial charge in [-0.05, 0) is 54.7 Å². The Morgan fingerprint density at radius 1 is 0.971 bits per heavy atom. The largest absolute Gasteiger partial charge is 0.354 e. The first-order valence-corrected chi connectivity index (χ1v) is 13.3. The molecule has 2 N–H and O–H groups in total. The molecule has 2 amide bonds. The van der Waals surface area contributed by atoms with E-state index in [9.17, 15) is 18.0 Å². The first-order chi connectivity index (χ1) is 16.0. The molecule has 0 aliphatic carbocycles. The minimum Gasteiger partial charge on any atom is -0.354 e. The summed E-state index contributed by atoms with van der Waals surface area (Å²) in [7, 11) is -3.52. The monoisotopic (exact) mass is 507 g/mol. The Kier molecular flexibility index (Phi) is 10.5. The van der Waals surface area contributed by atoms with Crippen LogP contribution in [0.25, 0.3) is 0 Å². The molecule has 2 aromatic rings. The third-order valence-corrected chi connectivity index (χ3v) is 7.13. The summed E-state index contributed by atoms with van der Waals surface area (Å²) in [6.07, 6.45) is 0.618. The molecule has 0 aliphatic rings. The summed E-state index contributed by atoms with van der Waals surface area (Å²) in [4.78, 5) is 27.7. The van der Waals surface area contributed by atoms with Crippen LogP contribution in [0.2, 0.25) is 5.02 Å². The maximum absolute atomic E-state index is 13.2. The van der Waals surface area contributed by atoms with Gasteiger partial charge in [0.1, 0.15) is 6.04 Å². The van der Waals surface area contributed by atoms with E-state index in [1.165, 1.54) is 12.1 Å². The lowest BCUT2D eigenvalue weighted by Crippen LogP contribution is -2.48. The van der Waals surface area contributed by atoms with E-state index >= 15 is 0 Å². The molecule has 9 heteroatoms. The highest BCUT2D eigenvalue weighted by Crippen LogP contribution is 2.17. The Bertz CT molecular complexity index is 1050. The van der Waals surface area contributed by atoms with Crippen molar-refractivity contribution in [3.8, 4) is 0 Å². The van der Waals surface area contributed by atoms with Crippen LogP contribution in [-0.2, 0) is 32.6 Å². The van der Waals surface area contributed by atoms with Crippen molar-refractivity contribution in [1.82, 2.24) is 14.9 Å². The maximum Gasteiger partial charge on any atom is 0.242 e. The van der Waals surface area contributed by atoms with Gasteiger partial charge in [-0.1, -0.05) is 56.6 Å². The van der Waals surface area contributed by atoms with Crippen LogP contribution in [-0.4, -0.2) is 44.3 Å². The van der Waals surface area contributed by atoms with Crippen LogP contribution in [0, 0.1) is 5.92 Å². The molecule has 2 rings (SSSR count). The summed E-state index contributed by atoms with van der Waals surface area (Å²) in [5, 5.41) is 3.50. The Morgan fingerprint density at radius 3 is 2.12 bits per heavy atom. The van der Waals surface area contributed by atoms with Gasteiger partial charge in [0.25, 0.3) is 0 Å². The second-order valence-corrected chi connectivity index (χ2v) is 10.8. The van der Waals surface area contributed by atoms with E-state index in [4.69, 9.17) is 11.6 Å². The molecule has 0 saturated heterocycles. The van der Waals surface area contributed by atoms with E-state index in [1.54, 1.807) is 43.0 Å². The van der Waals surface area contributed by atoms with Gasteiger partial charge in [0.2, 0.25) is 21.8 Å². The topological polar surface area (TPSA) is 95.6 Å². The van der Waals surface area contributed by atoms with E-state index in [0.29, 0.717) is 30.5 Å². The van der Waals surface area contributed by atoms with Crippen molar-refractivity contribution in [3.05, 3.63) is 64.7 Å². The highest BCUT2D eigenvalue weighted by molar-refractivity contribution is 7.89. The zero-order valence-corrected chi connectivity index (χ0v) is 21.7. The molecule has 0 spiro atoms. The van der Waals surface area contributed by atoms with Crippen LogP contribution in [0.1, 0.15) is 45.2 Å². The van der Waals surface area contributed by atoms with Crippen LogP contribution in [0.3, 0.4) is 0 Å². The smallest absolute Gasteiger partial charge is 0.242 e. The Hall–Kier alpha value is -2.42. The first-order valence-electron chi connectivity index (χ1n) is 11.4. The molecule has 1 atom stereocenters. The van der Waals surface area contributed by atoms with Gasteiger partial charge in [-0.2, -0.15) is 0 Å². The number of aryl methyl sites for hydroxylation is 1. The molecule has 0 aliphatic heterocycles. The maximum atomic E-state index is 13.2. The van der Waals surface area contributed by atoms with Crippen molar-refractivity contribution < 1.29 is 18.0 Å².